The third kappa shape index (κ3) is 3.53. The second-order valence-corrected chi connectivity index (χ2v) is 8.70. The Bertz CT molecular complexity index is 828. The first-order valence-corrected chi connectivity index (χ1v) is 10.0. The molecule has 2 aromatic heterocycles. The minimum Gasteiger partial charge on any atom is -0.376 e. The lowest BCUT2D eigenvalue weighted by Gasteiger charge is -2.45. The summed E-state index contributed by atoms with van der Waals surface area (Å²) in [5, 5.41) is 12.0. The van der Waals surface area contributed by atoms with E-state index in [-0.39, 0.29) is 29.6 Å². The SMILES string of the molecule is CCOC1CC(NC(=O)N2Cc3cnn(C)c3CC(C)(C)C2)C1n1cccn1. The van der Waals surface area contributed by atoms with Crippen molar-refractivity contribution in [1.82, 2.24) is 29.8 Å². The molecule has 0 spiro atoms. The van der Waals surface area contributed by atoms with Crippen LogP contribution in [0.5, 0.6) is 0 Å². The van der Waals surface area contributed by atoms with Crippen LogP contribution in [0.15, 0.2) is 24.7 Å². The summed E-state index contributed by atoms with van der Waals surface area (Å²) in [7, 11) is 1.97. The summed E-state index contributed by atoms with van der Waals surface area (Å²) in [5.74, 6) is 0. The van der Waals surface area contributed by atoms with Gasteiger partial charge in [-0.1, -0.05) is 13.8 Å². The Morgan fingerprint density at radius 3 is 2.93 bits per heavy atom. The fourth-order valence-electron chi connectivity index (χ4n) is 4.48. The monoisotopic (exact) mass is 386 g/mol. The fourth-order valence-corrected chi connectivity index (χ4v) is 4.48. The molecule has 1 N–H and O–H groups in total. The predicted octanol–water partition coefficient (Wildman–Crippen LogP) is 2.13. The third-order valence-corrected chi connectivity index (χ3v) is 5.86. The minimum atomic E-state index is -0.0260. The van der Waals surface area contributed by atoms with Crippen molar-refractivity contribution in [1.29, 1.82) is 0 Å². The molecule has 8 heteroatoms. The van der Waals surface area contributed by atoms with Crippen molar-refractivity contribution < 1.29 is 9.53 Å². The van der Waals surface area contributed by atoms with Gasteiger partial charge in [0.25, 0.3) is 0 Å². The highest BCUT2D eigenvalue weighted by atomic mass is 16.5. The minimum absolute atomic E-state index is 0.00869. The number of urea groups is 1. The molecule has 3 heterocycles. The Labute approximate surface area is 165 Å². The number of aryl methyl sites for hydroxylation is 1. The average molecular weight is 387 g/mol. The van der Waals surface area contributed by atoms with Crippen LogP contribution in [0.25, 0.3) is 0 Å². The lowest BCUT2D eigenvalue weighted by Crippen LogP contribution is -2.59. The molecule has 1 aliphatic heterocycles. The lowest BCUT2D eigenvalue weighted by molar-refractivity contribution is -0.0585. The quantitative estimate of drug-likeness (QED) is 0.873. The van der Waals surface area contributed by atoms with Crippen LogP contribution in [0.4, 0.5) is 4.79 Å². The zero-order chi connectivity index (χ0) is 19.9. The number of aromatic nitrogens is 4. The normalized spacial score (nSPS) is 26.3. The molecule has 0 bridgehead atoms. The number of ether oxygens (including phenoxy) is 1. The first-order valence-electron chi connectivity index (χ1n) is 10.0. The highest BCUT2D eigenvalue weighted by Crippen LogP contribution is 2.36. The van der Waals surface area contributed by atoms with E-state index in [4.69, 9.17) is 4.74 Å². The topological polar surface area (TPSA) is 77.2 Å². The van der Waals surface area contributed by atoms with E-state index in [1.165, 1.54) is 5.69 Å². The van der Waals surface area contributed by atoms with Gasteiger partial charge in [-0.3, -0.25) is 9.36 Å². The second-order valence-electron chi connectivity index (χ2n) is 8.70. The van der Waals surface area contributed by atoms with Gasteiger partial charge in [-0.15, -0.1) is 0 Å². The zero-order valence-corrected chi connectivity index (χ0v) is 17.1. The summed E-state index contributed by atoms with van der Waals surface area (Å²) in [6.07, 6.45) is 7.39. The molecule has 8 nitrogen and oxygen atoms in total. The molecule has 2 amide bonds. The maximum Gasteiger partial charge on any atom is 0.318 e. The number of hydrogen-bond donors (Lipinski definition) is 1. The molecule has 2 aromatic rings. The molecule has 2 aliphatic rings. The summed E-state index contributed by atoms with van der Waals surface area (Å²) < 4.78 is 9.68. The highest BCUT2D eigenvalue weighted by molar-refractivity contribution is 5.75. The molecule has 4 rings (SSSR count). The molecule has 1 fully saturated rings. The average Bonchev–Trinajstić information content (AvgIpc) is 3.21. The van der Waals surface area contributed by atoms with Crippen LogP contribution in [-0.2, 0) is 24.8 Å². The number of amides is 2. The van der Waals surface area contributed by atoms with E-state index in [0.29, 0.717) is 19.7 Å². The van der Waals surface area contributed by atoms with Gasteiger partial charge in [0.05, 0.1) is 30.9 Å². The number of rotatable bonds is 4. The van der Waals surface area contributed by atoms with E-state index in [2.05, 4.69) is 29.4 Å². The van der Waals surface area contributed by atoms with Crippen molar-refractivity contribution in [3.8, 4) is 0 Å². The van der Waals surface area contributed by atoms with Crippen LogP contribution in [0.2, 0.25) is 0 Å². The first-order chi connectivity index (χ1) is 13.4. The van der Waals surface area contributed by atoms with Gasteiger partial charge in [0.2, 0.25) is 0 Å². The van der Waals surface area contributed by atoms with Crippen molar-refractivity contribution >= 4 is 6.03 Å². The molecule has 3 atom stereocenters. The van der Waals surface area contributed by atoms with Gasteiger partial charge in [0.15, 0.2) is 0 Å². The van der Waals surface area contributed by atoms with Crippen molar-refractivity contribution in [2.75, 3.05) is 13.2 Å². The first kappa shape index (κ1) is 19.0. The largest absolute Gasteiger partial charge is 0.376 e. The second kappa shape index (κ2) is 7.24. The van der Waals surface area contributed by atoms with Gasteiger partial charge in [0, 0.05) is 43.9 Å². The highest BCUT2D eigenvalue weighted by Gasteiger charge is 2.45. The molecule has 3 unspecified atom stereocenters. The van der Waals surface area contributed by atoms with Gasteiger partial charge in [0.1, 0.15) is 0 Å². The van der Waals surface area contributed by atoms with E-state index in [1.807, 2.05) is 46.7 Å². The smallest absolute Gasteiger partial charge is 0.318 e. The van der Waals surface area contributed by atoms with Crippen LogP contribution in [0.3, 0.4) is 0 Å². The molecular weight excluding hydrogens is 356 g/mol. The van der Waals surface area contributed by atoms with E-state index < -0.39 is 0 Å². The molecule has 0 radical (unpaired) electrons. The Balaban J connectivity index is 1.48. The Kier molecular flexibility index (Phi) is 4.91. The summed E-state index contributed by atoms with van der Waals surface area (Å²) >= 11 is 0. The van der Waals surface area contributed by atoms with Crippen LogP contribution in [-0.4, -0.2) is 55.8 Å². The fraction of sp³-hybridized carbons (Fsp3) is 0.650. The van der Waals surface area contributed by atoms with Gasteiger partial charge >= 0.3 is 6.03 Å². The maximum absolute atomic E-state index is 13.2. The summed E-state index contributed by atoms with van der Waals surface area (Å²) in [6, 6.07) is 1.93. The number of fused-ring (bicyclic) bond motifs is 1. The van der Waals surface area contributed by atoms with Crippen LogP contribution in [0, 0.1) is 5.41 Å². The van der Waals surface area contributed by atoms with Crippen molar-refractivity contribution in [3.05, 3.63) is 35.9 Å². The summed E-state index contributed by atoms with van der Waals surface area (Å²) in [6.45, 7) is 8.37. The molecule has 0 saturated heterocycles. The number of nitrogens with one attached hydrogen (secondary N) is 1. The number of carbonyl (C=O) groups is 1. The Morgan fingerprint density at radius 1 is 1.39 bits per heavy atom. The van der Waals surface area contributed by atoms with Crippen LogP contribution in [0.1, 0.15) is 44.5 Å². The molecule has 1 saturated carbocycles. The summed E-state index contributed by atoms with van der Waals surface area (Å²) in [5.41, 5.74) is 2.34. The summed E-state index contributed by atoms with van der Waals surface area (Å²) in [4.78, 5) is 15.1. The van der Waals surface area contributed by atoms with Gasteiger partial charge in [-0.25, -0.2) is 4.79 Å². The maximum atomic E-state index is 13.2. The predicted molar refractivity (Wildman–Crippen MR) is 105 cm³/mol. The van der Waals surface area contributed by atoms with E-state index in [0.717, 1.165) is 18.4 Å². The van der Waals surface area contributed by atoms with Crippen molar-refractivity contribution in [2.24, 2.45) is 12.5 Å². The number of nitrogens with zero attached hydrogens (tertiary/aromatic N) is 5. The Hall–Kier alpha value is -2.35. The number of carbonyl (C=O) groups excluding carboxylic acids is 1. The van der Waals surface area contributed by atoms with Crippen LogP contribution >= 0.6 is 0 Å². The van der Waals surface area contributed by atoms with E-state index in [9.17, 15) is 4.79 Å². The molecule has 152 valence electrons. The molecule has 0 aromatic carbocycles. The third-order valence-electron chi connectivity index (χ3n) is 5.86. The van der Waals surface area contributed by atoms with Crippen LogP contribution < -0.4 is 5.32 Å². The standard InChI is InChI=1S/C20H30N6O2/c1-5-28-17-9-15(18(17)26-8-6-7-21-26)23-19(27)25-12-14-11-22-24(4)16(14)10-20(2,3)13-25/h6-8,11,15,17-18H,5,9-10,12-13H2,1-4H3,(H,23,27). The zero-order valence-electron chi connectivity index (χ0n) is 17.1. The number of hydrogen-bond acceptors (Lipinski definition) is 4. The van der Waals surface area contributed by atoms with E-state index in [1.54, 1.807) is 6.20 Å². The molecule has 28 heavy (non-hydrogen) atoms. The van der Waals surface area contributed by atoms with Crippen molar-refractivity contribution in [3.63, 3.8) is 0 Å². The van der Waals surface area contributed by atoms with Gasteiger partial charge in [-0.2, -0.15) is 10.2 Å². The van der Waals surface area contributed by atoms with Gasteiger partial charge < -0.3 is 15.0 Å². The molecule has 1 aliphatic carbocycles. The van der Waals surface area contributed by atoms with Gasteiger partial charge in [-0.05, 0) is 31.2 Å². The Morgan fingerprint density at radius 2 is 2.21 bits per heavy atom. The molecular formula is C20H30N6O2. The van der Waals surface area contributed by atoms with E-state index >= 15 is 0 Å². The lowest BCUT2D eigenvalue weighted by atomic mass is 9.82. The van der Waals surface area contributed by atoms with Crippen molar-refractivity contribution in [2.45, 2.75) is 58.3 Å².